The molecular formula is C16H23NO2S. The molecular weight excluding hydrogens is 270 g/mol. The minimum absolute atomic E-state index is 0.196. The van der Waals surface area contributed by atoms with Crippen LogP contribution in [0.5, 0.6) is 0 Å². The van der Waals surface area contributed by atoms with Crippen LogP contribution in [0.25, 0.3) is 0 Å². The summed E-state index contributed by atoms with van der Waals surface area (Å²) in [7, 11) is 0. The van der Waals surface area contributed by atoms with Crippen molar-refractivity contribution < 1.29 is 9.90 Å². The average Bonchev–Trinajstić information content (AvgIpc) is 2.47. The molecule has 0 aliphatic carbocycles. The number of aliphatic hydroxyl groups excluding tert-OH is 1. The van der Waals surface area contributed by atoms with Crippen LogP contribution in [0.1, 0.15) is 18.9 Å². The number of likely N-dealkylation sites (tertiary alicyclic amines) is 1. The fraction of sp³-hybridized carbons (Fsp3) is 0.562. The van der Waals surface area contributed by atoms with Crippen molar-refractivity contribution in [3.05, 3.63) is 35.9 Å². The molecule has 0 aromatic heterocycles. The molecule has 4 heteroatoms. The first-order valence-corrected chi connectivity index (χ1v) is 8.40. The largest absolute Gasteiger partial charge is 0.393 e. The maximum atomic E-state index is 12.1. The number of nitrogens with zero attached hydrogens (tertiary/aromatic N) is 1. The number of rotatable bonds is 5. The summed E-state index contributed by atoms with van der Waals surface area (Å²) >= 11 is 1.70. The van der Waals surface area contributed by atoms with Gasteiger partial charge in [0.1, 0.15) is 0 Å². The maximum Gasteiger partial charge on any atom is 0.232 e. The van der Waals surface area contributed by atoms with E-state index >= 15 is 0 Å². The number of carbonyl (C=O) groups is 1. The molecule has 2 unspecified atom stereocenters. The summed E-state index contributed by atoms with van der Waals surface area (Å²) in [4.78, 5) is 14.0. The van der Waals surface area contributed by atoms with Crippen LogP contribution in [0.3, 0.4) is 0 Å². The standard InChI is InChI=1S/C16H23NO2S/c1-13-11-17(9-7-15(13)18)16(19)12-20-10-8-14-5-3-2-4-6-14/h2-6,13,15,18H,7-12H2,1H3. The molecule has 0 bridgehead atoms. The number of benzene rings is 1. The molecule has 1 fully saturated rings. The number of hydrogen-bond donors (Lipinski definition) is 1. The molecule has 1 amide bonds. The van der Waals surface area contributed by atoms with Crippen LogP contribution in [-0.2, 0) is 11.2 Å². The molecule has 1 heterocycles. The van der Waals surface area contributed by atoms with E-state index in [0.29, 0.717) is 25.3 Å². The van der Waals surface area contributed by atoms with E-state index in [0.717, 1.165) is 12.2 Å². The highest BCUT2D eigenvalue weighted by molar-refractivity contribution is 7.99. The first-order valence-electron chi connectivity index (χ1n) is 7.24. The van der Waals surface area contributed by atoms with E-state index in [1.807, 2.05) is 30.0 Å². The second-order valence-corrected chi connectivity index (χ2v) is 6.57. The molecule has 1 aromatic carbocycles. The molecule has 2 atom stereocenters. The van der Waals surface area contributed by atoms with Gasteiger partial charge in [-0.3, -0.25) is 4.79 Å². The Balaban J connectivity index is 1.65. The van der Waals surface area contributed by atoms with Gasteiger partial charge < -0.3 is 10.0 Å². The molecule has 0 saturated carbocycles. The molecule has 0 radical (unpaired) electrons. The van der Waals surface area contributed by atoms with E-state index in [-0.39, 0.29) is 17.9 Å². The monoisotopic (exact) mass is 293 g/mol. The first-order chi connectivity index (χ1) is 9.66. The van der Waals surface area contributed by atoms with Gasteiger partial charge in [0, 0.05) is 13.1 Å². The normalized spacial score (nSPS) is 22.8. The van der Waals surface area contributed by atoms with Gasteiger partial charge in [0.15, 0.2) is 0 Å². The number of thioether (sulfide) groups is 1. The van der Waals surface area contributed by atoms with Crippen molar-refractivity contribution in [2.24, 2.45) is 5.92 Å². The van der Waals surface area contributed by atoms with Crippen LogP contribution in [0.4, 0.5) is 0 Å². The van der Waals surface area contributed by atoms with Gasteiger partial charge in [-0.05, 0) is 30.1 Å². The smallest absolute Gasteiger partial charge is 0.232 e. The summed E-state index contributed by atoms with van der Waals surface area (Å²) in [6.07, 6.45) is 1.47. The number of aryl methyl sites for hydroxylation is 1. The molecule has 1 saturated heterocycles. The van der Waals surface area contributed by atoms with E-state index in [1.165, 1.54) is 5.56 Å². The third kappa shape index (κ3) is 4.53. The predicted octanol–water partition coefficient (Wildman–Crippen LogP) is 2.19. The Bertz CT molecular complexity index is 424. The minimum Gasteiger partial charge on any atom is -0.393 e. The van der Waals surface area contributed by atoms with Gasteiger partial charge in [0.05, 0.1) is 11.9 Å². The lowest BCUT2D eigenvalue weighted by Gasteiger charge is -2.34. The van der Waals surface area contributed by atoms with Gasteiger partial charge in [-0.1, -0.05) is 37.3 Å². The van der Waals surface area contributed by atoms with Crippen LogP contribution in [0.2, 0.25) is 0 Å². The van der Waals surface area contributed by atoms with Crippen LogP contribution < -0.4 is 0 Å². The van der Waals surface area contributed by atoms with E-state index in [2.05, 4.69) is 12.1 Å². The van der Waals surface area contributed by atoms with Crippen molar-refractivity contribution in [2.45, 2.75) is 25.9 Å². The van der Waals surface area contributed by atoms with E-state index in [9.17, 15) is 9.90 Å². The topological polar surface area (TPSA) is 40.5 Å². The van der Waals surface area contributed by atoms with Crippen LogP contribution in [0, 0.1) is 5.92 Å². The van der Waals surface area contributed by atoms with Gasteiger partial charge in [-0.25, -0.2) is 0 Å². The average molecular weight is 293 g/mol. The highest BCUT2D eigenvalue weighted by Crippen LogP contribution is 2.17. The lowest BCUT2D eigenvalue weighted by molar-refractivity contribution is -0.131. The number of aliphatic hydroxyl groups is 1. The SMILES string of the molecule is CC1CN(C(=O)CSCCc2ccccc2)CCC1O. The Kier molecular flexibility index (Phi) is 5.92. The summed E-state index contributed by atoms with van der Waals surface area (Å²) in [5.41, 5.74) is 1.32. The predicted molar refractivity (Wildman–Crippen MR) is 83.8 cm³/mol. The molecule has 1 aliphatic rings. The van der Waals surface area contributed by atoms with Crippen molar-refractivity contribution >= 4 is 17.7 Å². The second-order valence-electron chi connectivity index (χ2n) is 5.46. The highest BCUT2D eigenvalue weighted by Gasteiger charge is 2.26. The van der Waals surface area contributed by atoms with Gasteiger partial charge in [-0.2, -0.15) is 11.8 Å². The Hall–Kier alpha value is -1.00. The highest BCUT2D eigenvalue weighted by atomic mass is 32.2. The Labute approximate surface area is 125 Å². The van der Waals surface area contributed by atoms with E-state index < -0.39 is 0 Å². The quantitative estimate of drug-likeness (QED) is 0.846. The number of piperidine rings is 1. The number of carbonyl (C=O) groups excluding carboxylic acids is 1. The van der Waals surface area contributed by atoms with Gasteiger partial charge >= 0.3 is 0 Å². The van der Waals surface area contributed by atoms with Crippen molar-refractivity contribution in [3.8, 4) is 0 Å². The van der Waals surface area contributed by atoms with E-state index in [1.54, 1.807) is 11.8 Å². The minimum atomic E-state index is -0.246. The Morgan fingerprint density at radius 3 is 2.85 bits per heavy atom. The first kappa shape index (κ1) is 15.4. The van der Waals surface area contributed by atoms with Gasteiger partial charge in [0.25, 0.3) is 0 Å². The second kappa shape index (κ2) is 7.70. The fourth-order valence-corrected chi connectivity index (χ4v) is 3.33. The molecule has 1 aliphatic heterocycles. The summed E-state index contributed by atoms with van der Waals surface area (Å²) in [5.74, 6) is 1.93. The summed E-state index contributed by atoms with van der Waals surface area (Å²) < 4.78 is 0. The summed E-state index contributed by atoms with van der Waals surface area (Å²) in [6.45, 7) is 3.40. The van der Waals surface area contributed by atoms with Crippen LogP contribution >= 0.6 is 11.8 Å². The number of hydrogen-bond acceptors (Lipinski definition) is 3. The van der Waals surface area contributed by atoms with Gasteiger partial charge in [0.2, 0.25) is 5.91 Å². The lowest BCUT2D eigenvalue weighted by atomic mass is 9.97. The fourth-order valence-electron chi connectivity index (χ4n) is 2.45. The molecule has 0 spiro atoms. The summed E-state index contributed by atoms with van der Waals surface area (Å²) in [6, 6.07) is 10.4. The van der Waals surface area contributed by atoms with Crippen molar-refractivity contribution in [3.63, 3.8) is 0 Å². The lowest BCUT2D eigenvalue weighted by Crippen LogP contribution is -2.45. The zero-order chi connectivity index (χ0) is 14.4. The molecule has 20 heavy (non-hydrogen) atoms. The Morgan fingerprint density at radius 1 is 1.40 bits per heavy atom. The van der Waals surface area contributed by atoms with Crippen molar-refractivity contribution in [2.75, 3.05) is 24.6 Å². The zero-order valence-corrected chi connectivity index (χ0v) is 12.8. The Morgan fingerprint density at radius 2 is 2.15 bits per heavy atom. The molecule has 1 N–H and O–H groups in total. The third-order valence-corrected chi connectivity index (χ3v) is 4.76. The summed E-state index contributed by atoms with van der Waals surface area (Å²) in [5, 5.41) is 9.67. The van der Waals surface area contributed by atoms with Crippen LogP contribution in [-0.4, -0.2) is 46.6 Å². The molecule has 1 aromatic rings. The molecule has 3 nitrogen and oxygen atoms in total. The van der Waals surface area contributed by atoms with Crippen molar-refractivity contribution in [1.82, 2.24) is 4.90 Å². The van der Waals surface area contributed by atoms with Gasteiger partial charge in [-0.15, -0.1) is 0 Å². The zero-order valence-electron chi connectivity index (χ0n) is 12.0. The molecule has 2 rings (SSSR count). The van der Waals surface area contributed by atoms with Crippen LogP contribution in [0.15, 0.2) is 30.3 Å². The van der Waals surface area contributed by atoms with Crippen molar-refractivity contribution in [1.29, 1.82) is 0 Å². The third-order valence-electron chi connectivity index (χ3n) is 3.82. The maximum absolute atomic E-state index is 12.1. The van der Waals surface area contributed by atoms with E-state index in [4.69, 9.17) is 0 Å². The molecule has 110 valence electrons. The number of amides is 1.